The molecule has 0 aliphatic carbocycles. The van der Waals surface area contributed by atoms with E-state index in [2.05, 4.69) is 21.5 Å². The van der Waals surface area contributed by atoms with E-state index in [4.69, 9.17) is 10.00 Å². The lowest BCUT2D eigenvalue weighted by molar-refractivity contribution is 0.0117. The summed E-state index contributed by atoms with van der Waals surface area (Å²) in [6.07, 6.45) is 7.77. The summed E-state index contributed by atoms with van der Waals surface area (Å²) in [6.45, 7) is 1.36. The fourth-order valence-electron chi connectivity index (χ4n) is 3.78. The Balaban J connectivity index is 1.40. The highest BCUT2D eigenvalue weighted by Crippen LogP contribution is 2.17. The highest BCUT2D eigenvalue weighted by Gasteiger charge is 2.15. The van der Waals surface area contributed by atoms with Gasteiger partial charge in [-0.25, -0.2) is 9.67 Å². The first-order valence-corrected chi connectivity index (χ1v) is 10.8. The third-order valence-electron chi connectivity index (χ3n) is 5.58. The number of hydrogen-bond acceptors (Lipinski definition) is 5. The lowest BCUT2D eigenvalue weighted by atomic mass is 10.1. The maximum atomic E-state index is 12.8. The Hall–Kier alpha value is -3.70. The number of benzene rings is 1. The number of aromatic nitrogens is 3. The molecule has 1 aliphatic heterocycles. The molecule has 0 spiro atoms. The molecule has 0 radical (unpaired) electrons. The number of rotatable bonds is 7. The van der Waals surface area contributed by atoms with Crippen molar-refractivity contribution in [3.8, 4) is 23.0 Å². The first kappa shape index (κ1) is 21.5. The number of nitrogens with zero attached hydrogens (tertiary/aromatic N) is 3. The van der Waals surface area contributed by atoms with Crippen LogP contribution < -0.4 is 10.9 Å². The second-order valence-electron chi connectivity index (χ2n) is 7.80. The molecule has 3 heterocycles. The first-order chi connectivity index (χ1) is 15.7. The lowest BCUT2D eigenvalue weighted by Crippen LogP contribution is -2.29. The van der Waals surface area contributed by atoms with Gasteiger partial charge in [0.1, 0.15) is 0 Å². The summed E-state index contributed by atoms with van der Waals surface area (Å²) < 4.78 is 7.01. The van der Waals surface area contributed by atoms with Crippen LogP contribution in [0.2, 0.25) is 0 Å². The number of amides is 1. The van der Waals surface area contributed by atoms with E-state index in [1.54, 1.807) is 18.3 Å². The number of ether oxygens (including phenoxy) is 1. The number of carbonyl (C=O) groups excluding carboxylic acids is 1. The van der Waals surface area contributed by atoms with Gasteiger partial charge in [0.05, 0.1) is 29.7 Å². The predicted molar refractivity (Wildman–Crippen MR) is 119 cm³/mol. The van der Waals surface area contributed by atoms with Gasteiger partial charge in [-0.15, -0.1) is 0 Å². The van der Waals surface area contributed by atoms with Crippen molar-refractivity contribution in [2.75, 3.05) is 13.2 Å². The second-order valence-corrected chi connectivity index (χ2v) is 7.80. The van der Waals surface area contributed by atoms with Gasteiger partial charge in [-0.1, -0.05) is 24.3 Å². The topological polar surface area (TPSA) is 113 Å². The van der Waals surface area contributed by atoms with E-state index in [0.717, 1.165) is 37.0 Å². The van der Waals surface area contributed by atoms with E-state index >= 15 is 0 Å². The number of nitriles is 1. The SMILES string of the molecule is N#CCc1ccc(-c2c[nH]n(-c3ccc(C(=O)NCCC4CCCCO4)cn3)c2=O)cc1. The fraction of sp³-hybridized carbons (Fsp3) is 0.333. The molecular weight excluding hydrogens is 406 g/mol. The third kappa shape index (κ3) is 4.95. The molecule has 8 heteroatoms. The Morgan fingerprint density at radius 3 is 2.78 bits per heavy atom. The minimum atomic E-state index is -0.241. The Kier molecular flexibility index (Phi) is 6.78. The number of H-pyrrole nitrogens is 1. The van der Waals surface area contributed by atoms with Crippen LogP contribution in [0.5, 0.6) is 0 Å². The Morgan fingerprint density at radius 2 is 2.09 bits per heavy atom. The van der Waals surface area contributed by atoms with Crippen molar-refractivity contribution in [2.24, 2.45) is 0 Å². The molecule has 1 unspecified atom stereocenters. The van der Waals surface area contributed by atoms with Crippen LogP contribution in [0.25, 0.3) is 16.9 Å². The highest BCUT2D eigenvalue weighted by molar-refractivity contribution is 5.93. The predicted octanol–water partition coefficient (Wildman–Crippen LogP) is 2.98. The third-order valence-corrected chi connectivity index (χ3v) is 5.58. The van der Waals surface area contributed by atoms with E-state index in [1.807, 2.05) is 24.3 Å². The Bertz CT molecular complexity index is 1150. The van der Waals surface area contributed by atoms with E-state index < -0.39 is 0 Å². The number of hydrogen-bond donors (Lipinski definition) is 2. The molecule has 3 aromatic rings. The highest BCUT2D eigenvalue weighted by atomic mass is 16.5. The average molecular weight is 431 g/mol. The molecule has 0 bridgehead atoms. The maximum Gasteiger partial charge on any atom is 0.280 e. The Labute approximate surface area is 185 Å². The van der Waals surface area contributed by atoms with Gasteiger partial charge in [0.15, 0.2) is 5.82 Å². The smallest absolute Gasteiger partial charge is 0.280 e. The normalized spacial score (nSPS) is 15.8. The largest absolute Gasteiger partial charge is 0.378 e. The summed E-state index contributed by atoms with van der Waals surface area (Å²) in [6, 6.07) is 12.7. The molecule has 164 valence electrons. The zero-order valence-corrected chi connectivity index (χ0v) is 17.7. The molecule has 32 heavy (non-hydrogen) atoms. The van der Waals surface area contributed by atoms with Gasteiger partial charge in [0.25, 0.3) is 11.5 Å². The van der Waals surface area contributed by atoms with Crippen molar-refractivity contribution in [1.82, 2.24) is 20.1 Å². The van der Waals surface area contributed by atoms with E-state index in [1.165, 1.54) is 17.3 Å². The van der Waals surface area contributed by atoms with Crippen molar-refractivity contribution >= 4 is 5.91 Å². The lowest BCUT2D eigenvalue weighted by Gasteiger charge is -2.22. The van der Waals surface area contributed by atoms with Gasteiger partial charge < -0.3 is 10.1 Å². The van der Waals surface area contributed by atoms with E-state index in [9.17, 15) is 9.59 Å². The maximum absolute atomic E-state index is 12.8. The minimum absolute atomic E-state index is 0.197. The molecule has 8 nitrogen and oxygen atoms in total. The molecular formula is C24H25N5O3. The molecule has 1 atom stereocenters. The van der Waals surface area contributed by atoms with Crippen molar-refractivity contribution in [3.05, 3.63) is 70.3 Å². The summed E-state index contributed by atoms with van der Waals surface area (Å²) in [4.78, 5) is 29.5. The van der Waals surface area contributed by atoms with Crippen LogP contribution in [0.3, 0.4) is 0 Å². The van der Waals surface area contributed by atoms with Gasteiger partial charge in [-0.05, 0) is 48.9 Å². The molecule has 1 saturated heterocycles. The van der Waals surface area contributed by atoms with Crippen LogP contribution >= 0.6 is 0 Å². The monoisotopic (exact) mass is 431 g/mol. The summed E-state index contributed by atoms with van der Waals surface area (Å²) in [7, 11) is 0. The van der Waals surface area contributed by atoms with Gasteiger partial charge in [-0.3, -0.25) is 14.7 Å². The quantitative estimate of drug-likeness (QED) is 0.597. The molecule has 1 aliphatic rings. The zero-order chi connectivity index (χ0) is 22.3. The van der Waals surface area contributed by atoms with Crippen LogP contribution in [-0.4, -0.2) is 39.9 Å². The summed E-state index contributed by atoms with van der Waals surface area (Å²) >= 11 is 0. The number of pyridine rings is 1. The molecule has 2 N–H and O–H groups in total. The van der Waals surface area contributed by atoms with Gasteiger partial charge in [0, 0.05) is 25.5 Å². The molecule has 4 rings (SSSR count). The number of aromatic amines is 1. The fourth-order valence-corrected chi connectivity index (χ4v) is 3.78. The molecule has 1 amide bonds. The summed E-state index contributed by atoms with van der Waals surface area (Å²) in [5.41, 5.74) is 2.35. The van der Waals surface area contributed by atoms with E-state index in [0.29, 0.717) is 29.9 Å². The van der Waals surface area contributed by atoms with Crippen molar-refractivity contribution in [1.29, 1.82) is 5.26 Å². The van der Waals surface area contributed by atoms with Gasteiger partial charge in [0.2, 0.25) is 0 Å². The summed E-state index contributed by atoms with van der Waals surface area (Å²) in [5.74, 6) is 0.200. The summed E-state index contributed by atoms with van der Waals surface area (Å²) in [5, 5.41) is 14.6. The average Bonchev–Trinajstić information content (AvgIpc) is 3.22. The first-order valence-electron chi connectivity index (χ1n) is 10.8. The van der Waals surface area contributed by atoms with E-state index in [-0.39, 0.29) is 17.6 Å². The zero-order valence-electron chi connectivity index (χ0n) is 17.7. The minimum Gasteiger partial charge on any atom is -0.378 e. The standard InChI is InChI=1S/C24H25N5O3/c25-12-10-17-4-6-18(7-5-17)21-16-28-29(24(21)31)22-9-8-19(15-27-22)23(30)26-13-11-20-3-1-2-14-32-20/h4-9,15-16,20,28H,1-3,10-11,13-14H2,(H,26,30). The van der Waals surface area contributed by atoms with Crippen LogP contribution in [0, 0.1) is 11.3 Å². The molecule has 2 aromatic heterocycles. The van der Waals surface area contributed by atoms with Gasteiger partial charge in [-0.2, -0.15) is 5.26 Å². The molecule has 0 saturated carbocycles. The van der Waals surface area contributed by atoms with Crippen LogP contribution in [0.1, 0.15) is 41.6 Å². The Morgan fingerprint density at radius 1 is 1.25 bits per heavy atom. The molecule has 1 fully saturated rings. The van der Waals surface area contributed by atoms with Crippen molar-refractivity contribution < 1.29 is 9.53 Å². The number of nitrogens with one attached hydrogen (secondary N) is 2. The van der Waals surface area contributed by atoms with Crippen molar-refractivity contribution in [3.63, 3.8) is 0 Å². The second kappa shape index (κ2) is 10.1. The molecule has 1 aromatic carbocycles. The van der Waals surface area contributed by atoms with Crippen LogP contribution in [0.15, 0.2) is 53.6 Å². The van der Waals surface area contributed by atoms with Crippen LogP contribution in [0.4, 0.5) is 0 Å². The van der Waals surface area contributed by atoms with Gasteiger partial charge >= 0.3 is 0 Å². The van der Waals surface area contributed by atoms with Crippen molar-refractivity contribution in [2.45, 2.75) is 38.2 Å². The van der Waals surface area contributed by atoms with Crippen LogP contribution in [-0.2, 0) is 11.2 Å². The number of carbonyl (C=O) groups is 1.